The fourth-order valence-corrected chi connectivity index (χ4v) is 5.63. The fraction of sp³-hybridized carbons (Fsp3) is 0.650. The molecule has 2 amide bonds. The smallest absolute Gasteiger partial charge is 0.319 e. The van der Waals surface area contributed by atoms with Gasteiger partial charge in [0.1, 0.15) is 0 Å². The van der Waals surface area contributed by atoms with Gasteiger partial charge in [-0.2, -0.15) is 4.31 Å². The Kier molecular flexibility index (Phi) is 8.81. The van der Waals surface area contributed by atoms with Crippen molar-refractivity contribution in [2.75, 3.05) is 30.7 Å². The fourth-order valence-electron chi connectivity index (χ4n) is 3.11. The summed E-state index contributed by atoms with van der Waals surface area (Å²) in [6.07, 6.45) is 0.834. The van der Waals surface area contributed by atoms with Crippen LogP contribution < -0.4 is 10.6 Å². The number of amides is 2. The van der Waals surface area contributed by atoms with E-state index in [1.165, 1.54) is 9.20 Å². The summed E-state index contributed by atoms with van der Waals surface area (Å²) in [5.74, 6) is -0.136. The van der Waals surface area contributed by atoms with Crippen molar-refractivity contribution in [2.24, 2.45) is 0 Å². The Morgan fingerprint density at radius 2 is 1.97 bits per heavy atom. The maximum absolute atomic E-state index is 12.5. The monoisotopic (exact) mass is 443 g/mol. The number of anilines is 1. The zero-order valence-electron chi connectivity index (χ0n) is 17.9. The molecule has 0 spiro atoms. The van der Waals surface area contributed by atoms with Crippen molar-refractivity contribution in [2.45, 2.75) is 63.4 Å². The molecule has 1 aromatic rings. The summed E-state index contributed by atoms with van der Waals surface area (Å²) in [4.78, 5) is 13.4. The van der Waals surface area contributed by atoms with E-state index in [0.717, 1.165) is 17.7 Å². The summed E-state index contributed by atoms with van der Waals surface area (Å²) >= 11 is 1.81. The highest BCUT2D eigenvalue weighted by molar-refractivity contribution is 7.99. The van der Waals surface area contributed by atoms with Crippen LogP contribution in [0.15, 0.2) is 23.1 Å². The molecule has 1 aliphatic heterocycles. The lowest BCUT2D eigenvalue weighted by atomic mass is 10.2. The van der Waals surface area contributed by atoms with E-state index in [1.54, 1.807) is 0 Å². The van der Waals surface area contributed by atoms with Crippen LogP contribution in [0.5, 0.6) is 0 Å². The van der Waals surface area contributed by atoms with E-state index in [-0.39, 0.29) is 24.5 Å². The van der Waals surface area contributed by atoms with Crippen LogP contribution in [0.3, 0.4) is 0 Å². The lowest BCUT2D eigenvalue weighted by molar-refractivity contribution is -0.0440. The van der Waals surface area contributed by atoms with E-state index in [2.05, 4.69) is 30.5 Å². The molecule has 7 nitrogen and oxygen atoms in total. The van der Waals surface area contributed by atoms with Gasteiger partial charge >= 0.3 is 6.03 Å². The molecular formula is C20H33N3O4S2. The minimum Gasteiger partial charge on any atom is -0.373 e. The number of carbonyl (C=O) groups is 1. The van der Waals surface area contributed by atoms with Crippen molar-refractivity contribution in [3.8, 4) is 0 Å². The van der Waals surface area contributed by atoms with Gasteiger partial charge in [0, 0.05) is 35.5 Å². The van der Waals surface area contributed by atoms with Crippen LogP contribution in [0.25, 0.3) is 0 Å². The highest BCUT2D eigenvalue weighted by Gasteiger charge is 2.30. The van der Waals surface area contributed by atoms with Crippen LogP contribution in [0.2, 0.25) is 0 Å². The molecule has 2 rings (SSSR count). The van der Waals surface area contributed by atoms with Crippen LogP contribution in [0.1, 0.15) is 39.7 Å². The number of carbonyl (C=O) groups excluding carboxylic acids is 1. The Balaban J connectivity index is 1.84. The zero-order chi connectivity index (χ0) is 21.6. The third-order valence-electron chi connectivity index (χ3n) is 4.78. The number of nitrogens with one attached hydrogen (secondary N) is 2. The van der Waals surface area contributed by atoms with Crippen molar-refractivity contribution in [3.05, 3.63) is 23.8 Å². The molecule has 1 heterocycles. The van der Waals surface area contributed by atoms with Gasteiger partial charge in [0.05, 0.1) is 18.0 Å². The van der Waals surface area contributed by atoms with E-state index in [9.17, 15) is 13.2 Å². The van der Waals surface area contributed by atoms with Gasteiger partial charge in [-0.25, -0.2) is 13.2 Å². The number of aryl methyl sites for hydroxylation is 1. The number of morpholine rings is 1. The molecule has 3 atom stereocenters. The third-order valence-corrected chi connectivity index (χ3v) is 7.85. The predicted molar refractivity (Wildman–Crippen MR) is 119 cm³/mol. The normalized spacial score (nSPS) is 21.6. The molecule has 0 aliphatic carbocycles. The summed E-state index contributed by atoms with van der Waals surface area (Å²) in [6.45, 7) is 10.8. The van der Waals surface area contributed by atoms with Crippen molar-refractivity contribution in [1.29, 1.82) is 0 Å². The van der Waals surface area contributed by atoms with Gasteiger partial charge in [-0.1, -0.05) is 13.8 Å². The largest absolute Gasteiger partial charge is 0.373 e. The van der Waals surface area contributed by atoms with Crippen molar-refractivity contribution in [3.63, 3.8) is 0 Å². The van der Waals surface area contributed by atoms with Gasteiger partial charge in [0.2, 0.25) is 10.0 Å². The molecule has 1 fully saturated rings. The first-order valence-corrected chi connectivity index (χ1v) is 12.5. The van der Waals surface area contributed by atoms with Crippen LogP contribution in [0, 0.1) is 6.92 Å². The molecule has 1 aliphatic rings. The number of nitrogens with zero attached hydrogens (tertiary/aromatic N) is 1. The molecule has 0 bridgehead atoms. The van der Waals surface area contributed by atoms with E-state index in [1.807, 2.05) is 44.7 Å². The number of urea groups is 1. The molecule has 1 saturated heterocycles. The predicted octanol–water partition coefficient (Wildman–Crippen LogP) is 3.45. The minimum absolute atomic E-state index is 0.0509. The second kappa shape index (κ2) is 10.7. The van der Waals surface area contributed by atoms with E-state index >= 15 is 0 Å². The third kappa shape index (κ3) is 7.47. The zero-order valence-corrected chi connectivity index (χ0v) is 19.5. The van der Waals surface area contributed by atoms with Crippen molar-refractivity contribution < 1.29 is 17.9 Å². The Hall–Kier alpha value is -1.29. The number of ether oxygens (including phenoxy) is 1. The summed E-state index contributed by atoms with van der Waals surface area (Å²) in [6, 6.07) is 5.52. The van der Waals surface area contributed by atoms with Crippen molar-refractivity contribution in [1.82, 2.24) is 9.62 Å². The van der Waals surface area contributed by atoms with Gasteiger partial charge in [-0.05, 0) is 51.0 Å². The van der Waals surface area contributed by atoms with Gasteiger partial charge in [-0.3, -0.25) is 0 Å². The van der Waals surface area contributed by atoms with E-state index in [0.29, 0.717) is 18.3 Å². The molecule has 9 heteroatoms. The number of benzene rings is 1. The standard InChI is InChI=1S/C20H33N3O4S2/c1-6-17(5)28-18-7-8-19(14(2)11-18)22-20(24)21-9-10-29(25,26)23-12-15(3)27-16(4)13-23/h7-8,11,15-17H,6,9-10,12-13H2,1-5H3,(H2,21,22,24). The molecule has 0 radical (unpaired) electrons. The first-order chi connectivity index (χ1) is 13.6. The van der Waals surface area contributed by atoms with Crippen LogP contribution >= 0.6 is 11.8 Å². The summed E-state index contributed by atoms with van der Waals surface area (Å²) in [5, 5.41) is 5.97. The first-order valence-electron chi connectivity index (χ1n) is 10.1. The Bertz CT molecular complexity index is 791. The molecular weight excluding hydrogens is 410 g/mol. The molecule has 1 aromatic carbocycles. The Morgan fingerprint density at radius 3 is 2.55 bits per heavy atom. The van der Waals surface area contributed by atoms with Gasteiger partial charge < -0.3 is 15.4 Å². The average molecular weight is 444 g/mol. The quantitative estimate of drug-likeness (QED) is 0.601. The lowest BCUT2D eigenvalue weighted by Crippen LogP contribution is -2.49. The summed E-state index contributed by atoms with van der Waals surface area (Å²) < 4.78 is 32.1. The highest BCUT2D eigenvalue weighted by atomic mass is 32.2. The maximum atomic E-state index is 12.5. The van der Waals surface area contributed by atoms with Gasteiger partial charge in [-0.15, -0.1) is 11.8 Å². The number of sulfonamides is 1. The number of rotatable bonds is 8. The summed E-state index contributed by atoms with van der Waals surface area (Å²) in [7, 11) is -3.44. The summed E-state index contributed by atoms with van der Waals surface area (Å²) in [5.41, 5.74) is 1.69. The topological polar surface area (TPSA) is 87.7 Å². The van der Waals surface area contributed by atoms with Crippen LogP contribution in [-0.2, 0) is 14.8 Å². The Morgan fingerprint density at radius 1 is 1.31 bits per heavy atom. The molecule has 0 aromatic heterocycles. The van der Waals surface area contributed by atoms with Crippen LogP contribution in [-0.4, -0.2) is 61.6 Å². The van der Waals surface area contributed by atoms with Gasteiger partial charge in [0.15, 0.2) is 0 Å². The minimum atomic E-state index is -3.44. The SMILES string of the molecule is CCC(C)Sc1ccc(NC(=O)NCCS(=O)(=O)N2CC(C)OC(C)C2)c(C)c1. The Labute approximate surface area is 179 Å². The maximum Gasteiger partial charge on any atom is 0.319 e. The number of hydrogen-bond donors (Lipinski definition) is 2. The van der Waals surface area contributed by atoms with E-state index < -0.39 is 16.1 Å². The second-order valence-corrected chi connectivity index (χ2v) is 11.2. The molecule has 164 valence electrons. The average Bonchev–Trinajstić information content (AvgIpc) is 2.63. The highest BCUT2D eigenvalue weighted by Crippen LogP contribution is 2.28. The number of thioether (sulfide) groups is 1. The molecule has 3 unspecified atom stereocenters. The van der Waals surface area contributed by atoms with Crippen molar-refractivity contribution >= 4 is 33.5 Å². The molecule has 0 saturated carbocycles. The molecule has 29 heavy (non-hydrogen) atoms. The first kappa shape index (κ1) is 24.0. The lowest BCUT2D eigenvalue weighted by Gasteiger charge is -2.34. The van der Waals surface area contributed by atoms with E-state index in [4.69, 9.17) is 4.74 Å². The number of hydrogen-bond acceptors (Lipinski definition) is 5. The molecule has 2 N–H and O–H groups in total. The van der Waals surface area contributed by atoms with Gasteiger partial charge in [0.25, 0.3) is 0 Å². The second-order valence-electron chi connectivity index (χ2n) is 7.58. The van der Waals surface area contributed by atoms with Crippen LogP contribution in [0.4, 0.5) is 10.5 Å².